The lowest BCUT2D eigenvalue weighted by Gasteiger charge is -2.34. The maximum atomic E-state index is 12.4. The van der Waals surface area contributed by atoms with Crippen molar-refractivity contribution in [1.82, 2.24) is 4.90 Å². The molecule has 1 heterocycles. The summed E-state index contributed by atoms with van der Waals surface area (Å²) in [5.41, 5.74) is 1.89. The molecule has 1 atom stereocenters. The van der Waals surface area contributed by atoms with Crippen molar-refractivity contribution in [3.63, 3.8) is 0 Å². The zero-order valence-corrected chi connectivity index (χ0v) is 11.8. The van der Waals surface area contributed by atoms with Crippen LogP contribution in [0.15, 0.2) is 24.3 Å². The van der Waals surface area contributed by atoms with Gasteiger partial charge in [0.2, 0.25) is 0 Å². The molecule has 0 saturated carbocycles. The monoisotopic (exact) mass is 261 g/mol. The number of amides is 1. The fourth-order valence-corrected chi connectivity index (χ4v) is 2.78. The number of carbonyl (C=O) groups excluding carboxylic acids is 1. The van der Waals surface area contributed by atoms with Gasteiger partial charge in [-0.2, -0.15) is 0 Å². The van der Waals surface area contributed by atoms with Gasteiger partial charge in [-0.3, -0.25) is 4.79 Å². The Bertz CT molecular complexity index is 436. The van der Waals surface area contributed by atoms with Crippen LogP contribution in [-0.2, 0) is 0 Å². The number of hydrogen-bond donors (Lipinski definition) is 1. The molecule has 0 aliphatic carbocycles. The molecule has 3 nitrogen and oxygen atoms in total. The van der Waals surface area contributed by atoms with Gasteiger partial charge in [-0.15, -0.1) is 0 Å². The van der Waals surface area contributed by atoms with E-state index >= 15 is 0 Å². The molecule has 1 aromatic carbocycles. The fourth-order valence-electron chi connectivity index (χ4n) is 2.78. The average molecular weight is 261 g/mol. The van der Waals surface area contributed by atoms with E-state index in [1.807, 2.05) is 43.0 Å². The quantitative estimate of drug-likeness (QED) is 0.908. The molecule has 1 aliphatic rings. The average Bonchev–Trinajstić information content (AvgIpc) is 2.46. The van der Waals surface area contributed by atoms with Crippen molar-refractivity contribution in [2.45, 2.75) is 39.2 Å². The summed E-state index contributed by atoms with van der Waals surface area (Å²) in [5.74, 6) is 0.472. The van der Waals surface area contributed by atoms with E-state index in [0.29, 0.717) is 5.92 Å². The molecule has 1 aliphatic heterocycles. The lowest BCUT2D eigenvalue weighted by molar-refractivity contribution is 0.0453. The van der Waals surface area contributed by atoms with Gasteiger partial charge >= 0.3 is 0 Å². The van der Waals surface area contributed by atoms with Gasteiger partial charge < -0.3 is 10.0 Å². The standard InChI is InChI=1S/C16H23NO2/c1-3-15(18)13-7-9-17(10-8-13)16(19)14-6-4-5-12(2)11-14/h4-6,11,13,15,18H,3,7-10H2,1-2H3. The molecule has 1 aromatic rings. The number of rotatable bonds is 3. The Morgan fingerprint density at radius 2 is 2.11 bits per heavy atom. The van der Waals surface area contributed by atoms with Crippen LogP contribution in [0.5, 0.6) is 0 Å². The molecule has 0 radical (unpaired) electrons. The van der Waals surface area contributed by atoms with Crippen LogP contribution in [0.1, 0.15) is 42.1 Å². The first-order valence-corrected chi connectivity index (χ1v) is 7.15. The molecule has 3 heteroatoms. The van der Waals surface area contributed by atoms with Crippen molar-refractivity contribution in [3.05, 3.63) is 35.4 Å². The van der Waals surface area contributed by atoms with Crippen LogP contribution in [0.4, 0.5) is 0 Å². The summed E-state index contributed by atoms with van der Waals surface area (Å²) in [4.78, 5) is 14.3. The minimum absolute atomic E-state index is 0.119. The molecule has 0 bridgehead atoms. The minimum atomic E-state index is -0.212. The first kappa shape index (κ1) is 14.1. The van der Waals surface area contributed by atoms with E-state index in [1.54, 1.807) is 0 Å². The van der Waals surface area contributed by atoms with Gasteiger partial charge in [-0.05, 0) is 44.2 Å². The number of hydrogen-bond acceptors (Lipinski definition) is 2. The van der Waals surface area contributed by atoms with Crippen molar-refractivity contribution in [2.75, 3.05) is 13.1 Å². The number of aryl methyl sites for hydroxylation is 1. The number of aliphatic hydroxyl groups excluding tert-OH is 1. The maximum Gasteiger partial charge on any atom is 0.253 e. The summed E-state index contributed by atoms with van der Waals surface area (Å²) >= 11 is 0. The highest BCUT2D eigenvalue weighted by Crippen LogP contribution is 2.23. The molecule has 1 saturated heterocycles. The topological polar surface area (TPSA) is 40.5 Å². The van der Waals surface area contributed by atoms with E-state index in [1.165, 1.54) is 0 Å². The van der Waals surface area contributed by atoms with E-state index in [0.717, 1.165) is 43.5 Å². The number of likely N-dealkylation sites (tertiary alicyclic amines) is 1. The molecule has 0 spiro atoms. The summed E-state index contributed by atoms with van der Waals surface area (Å²) in [6, 6.07) is 7.74. The van der Waals surface area contributed by atoms with Crippen LogP contribution in [0.25, 0.3) is 0 Å². The second-order valence-corrected chi connectivity index (χ2v) is 5.47. The van der Waals surface area contributed by atoms with E-state index in [4.69, 9.17) is 0 Å². The summed E-state index contributed by atoms with van der Waals surface area (Å²) < 4.78 is 0. The molecule has 0 aromatic heterocycles. The molecule has 19 heavy (non-hydrogen) atoms. The molecule has 1 unspecified atom stereocenters. The second-order valence-electron chi connectivity index (χ2n) is 5.47. The van der Waals surface area contributed by atoms with Gasteiger partial charge in [-0.1, -0.05) is 24.6 Å². The summed E-state index contributed by atoms with van der Waals surface area (Å²) in [6.07, 6.45) is 2.41. The Kier molecular flexibility index (Phi) is 4.59. The van der Waals surface area contributed by atoms with Gasteiger partial charge in [0.1, 0.15) is 0 Å². The molecular formula is C16H23NO2. The van der Waals surface area contributed by atoms with E-state index in [2.05, 4.69) is 0 Å². The normalized spacial score (nSPS) is 18.4. The highest BCUT2D eigenvalue weighted by atomic mass is 16.3. The van der Waals surface area contributed by atoms with Crippen molar-refractivity contribution in [3.8, 4) is 0 Å². The van der Waals surface area contributed by atoms with Gasteiger partial charge in [0.05, 0.1) is 6.10 Å². The Morgan fingerprint density at radius 1 is 1.42 bits per heavy atom. The molecule has 104 valence electrons. The molecule has 1 fully saturated rings. The van der Waals surface area contributed by atoms with Crippen LogP contribution in [0.2, 0.25) is 0 Å². The SMILES string of the molecule is CCC(O)C1CCN(C(=O)c2cccc(C)c2)CC1. The Hall–Kier alpha value is -1.35. The van der Waals surface area contributed by atoms with Gasteiger partial charge in [-0.25, -0.2) is 0 Å². The largest absolute Gasteiger partial charge is 0.393 e. The van der Waals surface area contributed by atoms with E-state index in [9.17, 15) is 9.90 Å². The Balaban J connectivity index is 1.96. The van der Waals surface area contributed by atoms with Crippen LogP contribution in [-0.4, -0.2) is 35.1 Å². The number of nitrogens with zero attached hydrogens (tertiary/aromatic N) is 1. The maximum absolute atomic E-state index is 12.4. The summed E-state index contributed by atoms with van der Waals surface area (Å²) in [5, 5.41) is 9.86. The predicted molar refractivity (Wildman–Crippen MR) is 76.1 cm³/mol. The zero-order chi connectivity index (χ0) is 13.8. The van der Waals surface area contributed by atoms with E-state index in [-0.39, 0.29) is 12.0 Å². The third-order valence-electron chi connectivity index (χ3n) is 4.05. The van der Waals surface area contributed by atoms with Crippen LogP contribution in [0, 0.1) is 12.8 Å². The Morgan fingerprint density at radius 3 is 2.68 bits per heavy atom. The predicted octanol–water partition coefficient (Wildman–Crippen LogP) is 2.62. The lowest BCUT2D eigenvalue weighted by Crippen LogP contribution is -2.41. The second kappa shape index (κ2) is 6.20. The van der Waals surface area contributed by atoms with Crippen molar-refractivity contribution in [1.29, 1.82) is 0 Å². The smallest absolute Gasteiger partial charge is 0.253 e. The van der Waals surface area contributed by atoms with Gasteiger partial charge in [0.15, 0.2) is 0 Å². The van der Waals surface area contributed by atoms with Crippen molar-refractivity contribution < 1.29 is 9.90 Å². The number of benzene rings is 1. The number of aliphatic hydroxyl groups is 1. The minimum Gasteiger partial charge on any atom is -0.393 e. The third-order valence-corrected chi connectivity index (χ3v) is 4.05. The van der Waals surface area contributed by atoms with Crippen molar-refractivity contribution in [2.24, 2.45) is 5.92 Å². The summed E-state index contributed by atoms with van der Waals surface area (Å²) in [7, 11) is 0. The van der Waals surface area contributed by atoms with Gasteiger partial charge in [0.25, 0.3) is 5.91 Å². The van der Waals surface area contributed by atoms with E-state index < -0.39 is 0 Å². The lowest BCUT2D eigenvalue weighted by atomic mass is 9.90. The third kappa shape index (κ3) is 3.35. The number of piperidine rings is 1. The van der Waals surface area contributed by atoms with Crippen LogP contribution in [0.3, 0.4) is 0 Å². The summed E-state index contributed by atoms with van der Waals surface area (Å²) in [6.45, 7) is 5.53. The highest BCUT2D eigenvalue weighted by molar-refractivity contribution is 5.94. The molecule has 1 amide bonds. The van der Waals surface area contributed by atoms with Crippen LogP contribution >= 0.6 is 0 Å². The number of carbonyl (C=O) groups is 1. The highest BCUT2D eigenvalue weighted by Gasteiger charge is 2.26. The first-order valence-electron chi connectivity index (χ1n) is 7.15. The van der Waals surface area contributed by atoms with Gasteiger partial charge in [0, 0.05) is 18.7 Å². The zero-order valence-electron chi connectivity index (χ0n) is 11.8. The van der Waals surface area contributed by atoms with Crippen LogP contribution < -0.4 is 0 Å². The fraction of sp³-hybridized carbons (Fsp3) is 0.562. The Labute approximate surface area is 115 Å². The first-order chi connectivity index (χ1) is 9.11. The molecule has 1 N–H and O–H groups in total. The molecular weight excluding hydrogens is 238 g/mol. The molecule has 2 rings (SSSR count). The van der Waals surface area contributed by atoms with Crippen molar-refractivity contribution >= 4 is 5.91 Å².